The summed E-state index contributed by atoms with van der Waals surface area (Å²) in [4.78, 5) is 4.77. The predicted molar refractivity (Wildman–Crippen MR) is 84.5 cm³/mol. The van der Waals surface area contributed by atoms with Gasteiger partial charge in [0, 0.05) is 36.4 Å². The van der Waals surface area contributed by atoms with Crippen LogP contribution in [0.3, 0.4) is 0 Å². The van der Waals surface area contributed by atoms with E-state index in [0.29, 0.717) is 6.04 Å². The lowest BCUT2D eigenvalue weighted by molar-refractivity contribution is 0.249. The maximum Gasteiger partial charge on any atom is 0.125 e. The van der Waals surface area contributed by atoms with Gasteiger partial charge in [0.25, 0.3) is 0 Å². The van der Waals surface area contributed by atoms with E-state index in [1.807, 2.05) is 13.0 Å². The van der Waals surface area contributed by atoms with Crippen molar-refractivity contribution in [2.75, 3.05) is 39.2 Å². The highest BCUT2D eigenvalue weighted by Gasteiger charge is 2.24. The zero-order valence-corrected chi connectivity index (χ0v) is 13.1. The minimum Gasteiger partial charge on any atom is -0.496 e. The molecule has 112 valence electrons. The molecule has 0 bridgehead atoms. The molecule has 1 heterocycles. The highest BCUT2D eigenvalue weighted by atomic mass is 16.5. The fourth-order valence-corrected chi connectivity index (χ4v) is 3.07. The lowest BCUT2D eigenvalue weighted by Gasteiger charge is -2.38. The molecule has 1 aromatic rings. The van der Waals surface area contributed by atoms with E-state index >= 15 is 0 Å². The van der Waals surface area contributed by atoms with Crippen molar-refractivity contribution < 1.29 is 4.74 Å². The monoisotopic (exact) mass is 277 g/mol. The number of hydrogen-bond acceptors (Lipinski definition) is 4. The standard InChI is InChI=1S/C16H27N3O/c1-12(17)16-14(6-5-7-15(16)20-4)19-10-8-13(9-11-19)18(2)3/h5-7,12-13H,8-11,17H2,1-4H3/t12-/m0/s1. The van der Waals surface area contributed by atoms with Crippen molar-refractivity contribution in [1.29, 1.82) is 0 Å². The molecule has 0 amide bonds. The summed E-state index contributed by atoms with van der Waals surface area (Å²) in [6, 6.07) is 6.88. The maximum atomic E-state index is 6.16. The van der Waals surface area contributed by atoms with Crippen LogP contribution in [-0.2, 0) is 0 Å². The number of nitrogens with zero attached hydrogens (tertiary/aromatic N) is 2. The highest BCUT2D eigenvalue weighted by Crippen LogP contribution is 2.35. The van der Waals surface area contributed by atoms with Crippen LogP contribution in [0.1, 0.15) is 31.4 Å². The van der Waals surface area contributed by atoms with Crippen LogP contribution >= 0.6 is 0 Å². The molecule has 4 heteroatoms. The summed E-state index contributed by atoms with van der Waals surface area (Å²) in [5.74, 6) is 0.896. The highest BCUT2D eigenvalue weighted by molar-refractivity contribution is 5.61. The predicted octanol–water partition coefficient (Wildman–Crippen LogP) is 2.25. The number of piperidine rings is 1. The molecule has 0 spiro atoms. The van der Waals surface area contributed by atoms with Crippen molar-refractivity contribution in [2.24, 2.45) is 5.73 Å². The zero-order valence-electron chi connectivity index (χ0n) is 13.1. The van der Waals surface area contributed by atoms with E-state index in [-0.39, 0.29) is 6.04 Å². The molecule has 2 rings (SSSR count). The van der Waals surface area contributed by atoms with E-state index in [2.05, 4.69) is 36.0 Å². The number of methoxy groups -OCH3 is 1. The van der Waals surface area contributed by atoms with Crippen molar-refractivity contribution in [3.8, 4) is 5.75 Å². The lowest BCUT2D eigenvalue weighted by Crippen LogP contribution is -2.42. The smallest absolute Gasteiger partial charge is 0.125 e. The van der Waals surface area contributed by atoms with Crippen molar-refractivity contribution in [3.63, 3.8) is 0 Å². The number of rotatable bonds is 4. The first kappa shape index (κ1) is 15.1. The number of hydrogen-bond donors (Lipinski definition) is 1. The summed E-state index contributed by atoms with van der Waals surface area (Å²) in [5.41, 5.74) is 8.51. The molecule has 0 aromatic heterocycles. The van der Waals surface area contributed by atoms with Gasteiger partial charge in [-0.05, 0) is 46.0 Å². The first-order valence-electron chi connectivity index (χ1n) is 7.38. The summed E-state index contributed by atoms with van der Waals surface area (Å²) in [7, 11) is 6.04. The molecular formula is C16H27N3O. The molecule has 1 aliphatic rings. The average Bonchev–Trinajstić information content (AvgIpc) is 2.46. The first-order chi connectivity index (χ1) is 9.54. The number of ether oxygens (including phenoxy) is 1. The van der Waals surface area contributed by atoms with Crippen LogP contribution in [0.5, 0.6) is 5.75 Å². The SMILES string of the molecule is COc1cccc(N2CCC(N(C)C)CC2)c1[C@H](C)N. The van der Waals surface area contributed by atoms with E-state index < -0.39 is 0 Å². The van der Waals surface area contributed by atoms with E-state index in [4.69, 9.17) is 10.5 Å². The van der Waals surface area contributed by atoms with Gasteiger partial charge in [0.15, 0.2) is 0 Å². The van der Waals surface area contributed by atoms with Crippen LogP contribution < -0.4 is 15.4 Å². The quantitative estimate of drug-likeness (QED) is 0.916. The Kier molecular flexibility index (Phi) is 4.89. The number of anilines is 1. The fraction of sp³-hybridized carbons (Fsp3) is 0.625. The Balaban J connectivity index is 2.21. The van der Waals surface area contributed by atoms with Gasteiger partial charge in [-0.15, -0.1) is 0 Å². The van der Waals surface area contributed by atoms with Gasteiger partial charge in [0.1, 0.15) is 5.75 Å². The Bertz CT molecular complexity index is 437. The summed E-state index contributed by atoms with van der Waals surface area (Å²) in [5, 5.41) is 0. The van der Waals surface area contributed by atoms with Crippen LogP contribution in [0.2, 0.25) is 0 Å². The molecule has 1 aliphatic heterocycles. The average molecular weight is 277 g/mol. The Morgan fingerprint density at radius 3 is 2.45 bits per heavy atom. The topological polar surface area (TPSA) is 41.7 Å². The van der Waals surface area contributed by atoms with Gasteiger partial charge in [-0.1, -0.05) is 6.07 Å². The Morgan fingerprint density at radius 1 is 1.30 bits per heavy atom. The number of nitrogens with two attached hydrogens (primary N) is 1. The summed E-state index contributed by atoms with van der Waals surface area (Å²) >= 11 is 0. The van der Waals surface area contributed by atoms with Crippen molar-refractivity contribution in [1.82, 2.24) is 4.90 Å². The molecule has 1 atom stereocenters. The van der Waals surface area contributed by atoms with E-state index in [9.17, 15) is 0 Å². The third kappa shape index (κ3) is 3.07. The largest absolute Gasteiger partial charge is 0.496 e. The van der Waals surface area contributed by atoms with Crippen LogP contribution in [0, 0.1) is 0 Å². The van der Waals surface area contributed by atoms with Crippen molar-refractivity contribution in [2.45, 2.75) is 31.8 Å². The van der Waals surface area contributed by atoms with Gasteiger partial charge in [-0.25, -0.2) is 0 Å². The Morgan fingerprint density at radius 2 is 1.95 bits per heavy atom. The normalized spacial score (nSPS) is 18.4. The third-order valence-electron chi connectivity index (χ3n) is 4.25. The molecule has 4 nitrogen and oxygen atoms in total. The van der Waals surface area contributed by atoms with Crippen molar-refractivity contribution >= 4 is 5.69 Å². The second-order valence-corrected chi connectivity index (χ2v) is 5.86. The van der Waals surface area contributed by atoms with E-state index in [1.165, 1.54) is 18.5 Å². The van der Waals surface area contributed by atoms with Crippen LogP contribution in [-0.4, -0.2) is 45.2 Å². The maximum absolute atomic E-state index is 6.16. The molecule has 1 aromatic carbocycles. The summed E-state index contributed by atoms with van der Waals surface area (Å²) < 4.78 is 5.48. The number of benzene rings is 1. The van der Waals surface area contributed by atoms with E-state index in [1.54, 1.807) is 7.11 Å². The molecule has 0 aliphatic carbocycles. The van der Waals surface area contributed by atoms with Crippen molar-refractivity contribution in [3.05, 3.63) is 23.8 Å². The summed E-state index contributed by atoms with van der Waals surface area (Å²) in [6.07, 6.45) is 2.39. The minimum absolute atomic E-state index is 0.0206. The summed E-state index contributed by atoms with van der Waals surface area (Å²) in [6.45, 7) is 4.18. The molecule has 2 N–H and O–H groups in total. The van der Waals surface area contributed by atoms with Gasteiger partial charge in [0.05, 0.1) is 7.11 Å². The third-order valence-corrected chi connectivity index (χ3v) is 4.25. The second-order valence-electron chi connectivity index (χ2n) is 5.86. The molecule has 1 saturated heterocycles. The lowest BCUT2D eigenvalue weighted by atomic mass is 9.99. The first-order valence-corrected chi connectivity index (χ1v) is 7.38. The van der Waals surface area contributed by atoms with Crippen LogP contribution in [0.4, 0.5) is 5.69 Å². The minimum atomic E-state index is -0.0206. The van der Waals surface area contributed by atoms with Gasteiger partial charge < -0.3 is 20.3 Å². The molecular weight excluding hydrogens is 250 g/mol. The molecule has 0 radical (unpaired) electrons. The molecule has 0 saturated carbocycles. The van der Waals surface area contributed by atoms with Gasteiger partial charge in [-0.3, -0.25) is 0 Å². The molecule has 0 unspecified atom stereocenters. The molecule has 1 fully saturated rings. The van der Waals surface area contributed by atoms with Gasteiger partial charge in [0.2, 0.25) is 0 Å². The Hall–Kier alpha value is -1.26. The van der Waals surface area contributed by atoms with Crippen LogP contribution in [0.25, 0.3) is 0 Å². The second kappa shape index (κ2) is 6.46. The van der Waals surface area contributed by atoms with E-state index in [0.717, 1.165) is 24.4 Å². The molecule has 20 heavy (non-hydrogen) atoms. The van der Waals surface area contributed by atoms with Gasteiger partial charge >= 0.3 is 0 Å². The fourth-order valence-electron chi connectivity index (χ4n) is 3.07. The van der Waals surface area contributed by atoms with Gasteiger partial charge in [-0.2, -0.15) is 0 Å². The zero-order chi connectivity index (χ0) is 14.7. The Labute approximate surface area is 122 Å². The van der Waals surface area contributed by atoms with Crippen LogP contribution in [0.15, 0.2) is 18.2 Å².